The Kier molecular flexibility index (Phi) is 6.07. The molecular formula is C29H20Cl2N2O4. The van der Waals surface area contributed by atoms with Crippen LogP contribution in [0, 0.1) is 0 Å². The van der Waals surface area contributed by atoms with E-state index in [4.69, 9.17) is 32.5 Å². The van der Waals surface area contributed by atoms with Gasteiger partial charge in [0.15, 0.2) is 0 Å². The van der Waals surface area contributed by atoms with Crippen molar-refractivity contribution in [3.63, 3.8) is 0 Å². The van der Waals surface area contributed by atoms with Crippen LogP contribution in [0.4, 0.5) is 0 Å². The second-order valence-corrected chi connectivity index (χ2v) is 9.78. The number of hydrogen-bond donors (Lipinski definition) is 1. The van der Waals surface area contributed by atoms with Crippen LogP contribution >= 0.6 is 23.2 Å². The number of aromatic carboxylic acids is 1. The molecular weight excluding hydrogens is 511 g/mol. The predicted molar refractivity (Wildman–Crippen MR) is 142 cm³/mol. The standard InChI is InChI=1S/C29H20Cl2N2O4/c30-23-4-1-5-24(31)25(23)27-22(28(37-33-27)16-6-7-16)15-36-20-11-10-17-13-19(9-8-18(17)14-20)26-21(29(34)35)3-2-12-32-26/h1-5,8-14,16H,6-7,15H2,(H,34,35). The van der Waals surface area contributed by atoms with Crippen LogP contribution in [0.25, 0.3) is 33.3 Å². The van der Waals surface area contributed by atoms with Crippen molar-refractivity contribution in [1.82, 2.24) is 10.1 Å². The molecule has 0 amide bonds. The van der Waals surface area contributed by atoms with E-state index in [1.54, 1.807) is 36.5 Å². The van der Waals surface area contributed by atoms with Crippen molar-refractivity contribution >= 4 is 39.9 Å². The summed E-state index contributed by atoms with van der Waals surface area (Å²) in [6.45, 7) is 0.256. The molecule has 2 aromatic heterocycles. The van der Waals surface area contributed by atoms with Crippen molar-refractivity contribution in [2.45, 2.75) is 25.4 Å². The highest BCUT2D eigenvalue weighted by Gasteiger charge is 2.33. The van der Waals surface area contributed by atoms with Gasteiger partial charge in [0.1, 0.15) is 23.8 Å². The van der Waals surface area contributed by atoms with Crippen molar-refractivity contribution in [1.29, 1.82) is 0 Å². The number of fused-ring (bicyclic) bond motifs is 1. The first-order valence-corrected chi connectivity index (χ1v) is 12.5. The Morgan fingerprint density at radius 3 is 2.49 bits per heavy atom. The molecule has 0 spiro atoms. The van der Waals surface area contributed by atoms with E-state index in [1.165, 1.54) is 0 Å². The molecule has 0 unspecified atom stereocenters. The normalized spacial score (nSPS) is 13.1. The van der Waals surface area contributed by atoms with E-state index in [9.17, 15) is 9.90 Å². The molecule has 1 aliphatic rings. The number of rotatable bonds is 7. The van der Waals surface area contributed by atoms with Crippen LogP contribution in [0.5, 0.6) is 5.75 Å². The topological polar surface area (TPSA) is 85.5 Å². The molecule has 0 bridgehead atoms. The van der Waals surface area contributed by atoms with Gasteiger partial charge >= 0.3 is 5.97 Å². The molecule has 0 saturated heterocycles. The van der Waals surface area contributed by atoms with Crippen molar-refractivity contribution in [3.05, 3.63) is 99.9 Å². The lowest BCUT2D eigenvalue weighted by atomic mass is 10.0. The summed E-state index contributed by atoms with van der Waals surface area (Å²) < 4.78 is 11.9. The SMILES string of the molecule is O=C(O)c1cccnc1-c1ccc2cc(OCc3c(-c4c(Cl)cccc4Cl)noc3C3CC3)ccc2c1. The molecule has 0 atom stereocenters. The maximum atomic E-state index is 11.6. The third-order valence-corrected chi connectivity index (χ3v) is 7.10. The second kappa shape index (κ2) is 9.54. The minimum Gasteiger partial charge on any atom is -0.489 e. The second-order valence-electron chi connectivity index (χ2n) is 8.96. The van der Waals surface area contributed by atoms with Crippen LogP contribution in [-0.2, 0) is 6.61 Å². The van der Waals surface area contributed by atoms with E-state index in [0.29, 0.717) is 38.7 Å². The van der Waals surface area contributed by atoms with Gasteiger partial charge < -0.3 is 14.4 Å². The van der Waals surface area contributed by atoms with Crippen LogP contribution < -0.4 is 4.74 Å². The molecule has 5 aromatic rings. The van der Waals surface area contributed by atoms with Gasteiger partial charge in [-0.3, -0.25) is 4.98 Å². The van der Waals surface area contributed by atoms with Crippen molar-refractivity contribution in [2.24, 2.45) is 0 Å². The number of carboxylic acid groups (broad SMARTS) is 1. The van der Waals surface area contributed by atoms with Crippen LogP contribution in [0.3, 0.4) is 0 Å². The first-order chi connectivity index (χ1) is 18.0. The Morgan fingerprint density at radius 2 is 1.73 bits per heavy atom. The number of carboxylic acids is 1. The number of hydrogen-bond acceptors (Lipinski definition) is 5. The summed E-state index contributed by atoms with van der Waals surface area (Å²) in [7, 11) is 0. The fourth-order valence-corrected chi connectivity index (χ4v) is 5.05. The van der Waals surface area contributed by atoms with Crippen LogP contribution in [0.1, 0.15) is 40.4 Å². The zero-order valence-corrected chi connectivity index (χ0v) is 21.0. The first-order valence-electron chi connectivity index (χ1n) is 11.8. The molecule has 2 heterocycles. The molecule has 1 aliphatic carbocycles. The summed E-state index contributed by atoms with van der Waals surface area (Å²) in [4.78, 5) is 15.9. The molecule has 1 saturated carbocycles. The number of nitrogens with zero attached hydrogens (tertiary/aromatic N) is 2. The minimum absolute atomic E-state index is 0.163. The largest absolute Gasteiger partial charge is 0.489 e. The van der Waals surface area contributed by atoms with Gasteiger partial charge in [-0.25, -0.2) is 4.79 Å². The maximum Gasteiger partial charge on any atom is 0.337 e. The van der Waals surface area contributed by atoms with E-state index in [-0.39, 0.29) is 12.2 Å². The van der Waals surface area contributed by atoms with E-state index < -0.39 is 5.97 Å². The summed E-state index contributed by atoms with van der Waals surface area (Å²) in [5.41, 5.74) is 3.43. The molecule has 0 radical (unpaired) electrons. The van der Waals surface area contributed by atoms with E-state index in [0.717, 1.165) is 40.5 Å². The van der Waals surface area contributed by atoms with Gasteiger partial charge in [-0.2, -0.15) is 0 Å². The van der Waals surface area contributed by atoms with Gasteiger partial charge in [-0.1, -0.05) is 52.6 Å². The van der Waals surface area contributed by atoms with Crippen LogP contribution in [0.2, 0.25) is 10.0 Å². The van der Waals surface area contributed by atoms with Gasteiger partial charge in [0.05, 0.1) is 26.9 Å². The van der Waals surface area contributed by atoms with Gasteiger partial charge in [0.2, 0.25) is 0 Å². The Hall–Kier alpha value is -3.87. The monoisotopic (exact) mass is 530 g/mol. The first kappa shape index (κ1) is 23.5. The van der Waals surface area contributed by atoms with Crippen molar-refractivity contribution < 1.29 is 19.2 Å². The summed E-state index contributed by atoms with van der Waals surface area (Å²) in [6.07, 6.45) is 3.69. The van der Waals surface area contributed by atoms with Crippen molar-refractivity contribution in [2.75, 3.05) is 0 Å². The summed E-state index contributed by atoms with van der Waals surface area (Å²) in [5, 5.41) is 16.7. The molecule has 1 N–H and O–H groups in total. The quantitative estimate of drug-likeness (QED) is 0.229. The van der Waals surface area contributed by atoms with Gasteiger partial charge in [0, 0.05) is 23.2 Å². The highest BCUT2D eigenvalue weighted by atomic mass is 35.5. The number of aromatic nitrogens is 2. The Labute approximate surface area is 222 Å². The summed E-state index contributed by atoms with van der Waals surface area (Å²) in [6, 6.07) is 20.0. The molecule has 3 aromatic carbocycles. The number of pyridine rings is 1. The third kappa shape index (κ3) is 4.54. The molecule has 8 heteroatoms. The molecule has 184 valence electrons. The number of benzene rings is 3. The zero-order chi connectivity index (χ0) is 25.5. The van der Waals surface area contributed by atoms with Gasteiger partial charge in [-0.15, -0.1) is 0 Å². The fourth-order valence-electron chi connectivity index (χ4n) is 4.47. The zero-order valence-electron chi connectivity index (χ0n) is 19.4. The molecule has 6 rings (SSSR count). The van der Waals surface area contributed by atoms with E-state index >= 15 is 0 Å². The summed E-state index contributed by atoms with van der Waals surface area (Å²) >= 11 is 12.9. The molecule has 6 nitrogen and oxygen atoms in total. The highest BCUT2D eigenvalue weighted by molar-refractivity contribution is 6.39. The van der Waals surface area contributed by atoms with E-state index in [1.807, 2.05) is 36.4 Å². The molecule has 1 fully saturated rings. The summed E-state index contributed by atoms with van der Waals surface area (Å²) in [5.74, 6) is 0.826. The lowest BCUT2D eigenvalue weighted by molar-refractivity contribution is 0.0697. The lowest BCUT2D eigenvalue weighted by Crippen LogP contribution is -2.01. The van der Waals surface area contributed by atoms with Gasteiger partial charge in [0.25, 0.3) is 0 Å². The average Bonchev–Trinajstić information content (AvgIpc) is 3.67. The average molecular weight is 531 g/mol. The minimum atomic E-state index is -1.01. The molecule has 37 heavy (non-hydrogen) atoms. The Bertz CT molecular complexity index is 1640. The smallest absolute Gasteiger partial charge is 0.337 e. The van der Waals surface area contributed by atoms with Crippen molar-refractivity contribution in [3.8, 4) is 28.3 Å². The fraction of sp³-hybridized carbons (Fsp3) is 0.138. The third-order valence-electron chi connectivity index (χ3n) is 6.47. The highest BCUT2D eigenvalue weighted by Crippen LogP contribution is 2.46. The lowest BCUT2D eigenvalue weighted by Gasteiger charge is -2.11. The predicted octanol–water partition coefficient (Wildman–Crippen LogP) is 8.02. The number of carbonyl (C=O) groups is 1. The van der Waals surface area contributed by atoms with Gasteiger partial charge in [-0.05, 0) is 66.1 Å². The Balaban J connectivity index is 1.30. The Morgan fingerprint density at radius 1 is 0.973 bits per heavy atom. The van der Waals surface area contributed by atoms with Crippen LogP contribution in [-0.4, -0.2) is 21.2 Å². The number of halogens is 2. The number of ether oxygens (including phenoxy) is 1. The molecule has 0 aliphatic heterocycles. The van der Waals surface area contributed by atoms with Crippen LogP contribution in [0.15, 0.2) is 77.4 Å². The van der Waals surface area contributed by atoms with E-state index in [2.05, 4.69) is 10.1 Å². The maximum absolute atomic E-state index is 11.6.